The minimum atomic E-state index is -0.245. The van der Waals surface area contributed by atoms with E-state index >= 15 is 0 Å². The third-order valence-corrected chi connectivity index (χ3v) is 2.60. The highest BCUT2D eigenvalue weighted by molar-refractivity contribution is 5.87. The Morgan fingerprint density at radius 2 is 2.19 bits per heavy atom. The van der Waals surface area contributed by atoms with Crippen molar-refractivity contribution in [3.8, 4) is 0 Å². The van der Waals surface area contributed by atoms with Crippen LogP contribution in [0.1, 0.15) is 25.7 Å². The highest BCUT2D eigenvalue weighted by atomic mass is 16.2. The second-order valence-electron chi connectivity index (χ2n) is 3.81. The van der Waals surface area contributed by atoms with Crippen LogP contribution < -0.4 is 5.32 Å². The van der Waals surface area contributed by atoms with Gasteiger partial charge >= 0.3 is 0 Å². The fraction of sp³-hybridized carbons (Fsp3) is 0.500. The first-order valence-electron chi connectivity index (χ1n) is 5.53. The molecule has 1 fully saturated rings. The third kappa shape index (κ3) is 3.53. The van der Waals surface area contributed by atoms with E-state index in [1.807, 2.05) is 0 Å². The first kappa shape index (κ1) is 12.5. The summed E-state index contributed by atoms with van der Waals surface area (Å²) in [5, 5.41) is 2.58. The van der Waals surface area contributed by atoms with E-state index in [0.29, 0.717) is 13.0 Å². The molecule has 88 valence electrons. The number of carbonyl (C=O) groups is 2. The molecule has 2 amide bonds. The van der Waals surface area contributed by atoms with Crippen molar-refractivity contribution >= 4 is 11.8 Å². The molecule has 1 N–H and O–H groups in total. The van der Waals surface area contributed by atoms with E-state index in [4.69, 9.17) is 0 Å². The van der Waals surface area contributed by atoms with Crippen molar-refractivity contribution < 1.29 is 9.59 Å². The molecule has 1 aliphatic heterocycles. The molecule has 1 saturated heterocycles. The molecule has 0 aromatic carbocycles. The van der Waals surface area contributed by atoms with E-state index in [1.165, 1.54) is 6.08 Å². The summed E-state index contributed by atoms with van der Waals surface area (Å²) in [4.78, 5) is 24.4. The zero-order valence-corrected chi connectivity index (χ0v) is 9.50. The average Bonchev–Trinajstić information content (AvgIpc) is 2.29. The average molecular weight is 222 g/mol. The first-order chi connectivity index (χ1) is 7.65. The lowest BCUT2D eigenvalue weighted by atomic mass is 10.1. The summed E-state index contributed by atoms with van der Waals surface area (Å²) in [6.07, 6.45) is 4.55. The number of hydrogen-bond donors (Lipinski definition) is 1. The molecule has 1 heterocycles. The summed E-state index contributed by atoms with van der Waals surface area (Å²) >= 11 is 0. The Balaban J connectivity index is 2.31. The van der Waals surface area contributed by atoms with Crippen LogP contribution in [0.15, 0.2) is 24.9 Å². The van der Waals surface area contributed by atoms with Gasteiger partial charge in [-0.25, -0.2) is 0 Å². The molecule has 0 bridgehead atoms. The van der Waals surface area contributed by atoms with Gasteiger partial charge in [-0.15, -0.1) is 0 Å². The van der Waals surface area contributed by atoms with Crippen LogP contribution >= 0.6 is 0 Å². The molecular weight excluding hydrogens is 204 g/mol. The molecule has 0 aromatic heterocycles. The normalized spacial score (nSPS) is 15.8. The standard InChI is InChI=1S/C12H18N2O2/c1-3-11(15)13-8-7-12(16)14-9-5-4-6-10(14)2/h3H,1-2,4-9H2,(H,13,15). The number of hydrogen-bond acceptors (Lipinski definition) is 2. The van der Waals surface area contributed by atoms with Crippen molar-refractivity contribution in [3.05, 3.63) is 24.9 Å². The van der Waals surface area contributed by atoms with Gasteiger partial charge in [-0.05, 0) is 25.3 Å². The van der Waals surface area contributed by atoms with Crippen LogP contribution in [0.3, 0.4) is 0 Å². The maximum absolute atomic E-state index is 11.8. The lowest BCUT2D eigenvalue weighted by molar-refractivity contribution is -0.129. The van der Waals surface area contributed by atoms with E-state index in [2.05, 4.69) is 18.5 Å². The topological polar surface area (TPSA) is 49.4 Å². The van der Waals surface area contributed by atoms with Crippen LogP contribution in [0.5, 0.6) is 0 Å². The van der Waals surface area contributed by atoms with Crippen molar-refractivity contribution in [3.63, 3.8) is 0 Å². The van der Waals surface area contributed by atoms with E-state index < -0.39 is 0 Å². The van der Waals surface area contributed by atoms with Gasteiger partial charge in [0.2, 0.25) is 11.8 Å². The van der Waals surface area contributed by atoms with Crippen LogP contribution in [0.2, 0.25) is 0 Å². The van der Waals surface area contributed by atoms with Gasteiger partial charge in [0.25, 0.3) is 0 Å². The molecular formula is C12H18N2O2. The number of nitrogens with zero attached hydrogens (tertiary/aromatic N) is 1. The van der Waals surface area contributed by atoms with Gasteiger partial charge in [0.05, 0.1) is 0 Å². The summed E-state index contributed by atoms with van der Waals surface area (Å²) in [7, 11) is 0. The largest absolute Gasteiger partial charge is 0.352 e. The Morgan fingerprint density at radius 1 is 1.44 bits per heavy atom. The minimum Gasteiger partial charge on any atom is -0.352 e. The molecule has 0 atom stereocenters. The molecule has 0 aliphatic carbocycles. The highest BCUT2D eigenvalue weighted by Crippen LogP contribution is 2.19. The predicted octanol–water partition coefficient (Wildman–Crippen LogP) is 1.20. The Labute approximate surface area is 96.0 Å². The fourth-order valence-electron chi connectivity index (χ4n) is 1.69. The van der Waals surface area contributed by atoms with Crippen molar-refractivity contribution in [2.75, 3.05) is 13.1 Å². The number of amides is 2. The molecule has 1 rings (SSSR count). The van der Waals surface area contributed by atoms with Gasteiger partial charge in [-0.3, -0.25) is 9.59 Å². The summed E-state index contributed by atoms with van der Waals surface area (Å²) in [5.41, 5.74) is 0.895. The molecule has 4 nitrogen and oxygen atoms in total. The Bertz CT molecular complexity index is 310. The van der Waals surface area contributed by atoms with Gasteiger partial charge in [0.1, 0.15) is 0 Å². The zero-order chi connectivity index (χ0) is 12.0. The Morgan fingerprint density at radius 3 is 2.81 bits per heavy atom. The third-order valence-electron chi connectivity index (χ3n) is 2.60. The van der Waals surface area contributed by atoms with Crippen LogP contribution in [0.4, 0.5) is 0 Å². The van der Waals surface area contributed by atoms with E-state index in [1.54, 1.807) is 4.90 Å². The number of nitrogens with one attached hydrogen (secondary N) is 1. The number of allylic oxidation sites excluding steroid dienone is 1. The van der Waals surface area contributed by atoms with Crippen LogP contribution in [-0.2, 0) is 9.59 Å². The fourth-order valence-corrected chi connectivity index (χ4v) is 1.69. The second-order valence-corrected chi connectivity index (χ2v) is 3.81. The quantitative estimate of drug-likeness (QED) is 0.727. The molecule has 16 heavy (non-hydrogen) atoms. The van der Waals surface area contributed by atoms with Gasteiger partial charge < -0.3 is 10.2 Å². The smallest absolute Gasteiger partial charge is 0.243 e. The van der Waals surface area contributed by atoms with Crippen LogP contribution in [0, 0.1) is 0 Å². The van der Waals surface area contributed by atoms with Crippen LogP contribution in [-0.4, -0.2) is 29.8 Å². The summed E-state index contributed by atoms with van der Waals surface area (Å²) in [5.74, 6) is -0.209. The molecule has 0 unspecified atom stereocenters. The van der Waals surface area contributed by atoms with Gasteiger partial charge in [-0.2, -0.15) is 0 Å². The lowest BCUT2D eigenvalue weighted by Gasteiger charge is -2.29. The van der Waals surface area contributed by atoms with E-state index in [-0.39, 0.29) is 11.8 Å². The number of rotatable bonds is 4. The number of piperidine rings is 1. The minimum absolute atomic E-state index is 0.0362. The summed E-state index contributed by atoms with van der Waals surface area (Å²) < 4.78 is 0. The first-order valence-corrected chi connectivity index (χ1v) is 5.53. The zero-order valence-electron chi connectivity index (χ0n) is 9.50. The highest BCUT2D eigenvalue weighted by Gasteiger charge is 2.19. The Hall–Kier alpha value is -1.58. The number of likely N-dealkylation sites (tertiary alicyclic amines) is 1. The molecule has 0 aromatic rings. The summed E-state index contributed by atoms with van der Waals surface area (Å²) in [6, 6.07) is 0. The maximum atomic E-state index is 11.8. The van der Waals surface area contributed by atoms with E-state index in [9.17, 15) is 9.59 Å². The molecule has 1 aliphatic rings. The van der Waals surface area contributed by atoms with Crippen LogP contribution in [0.25, 0.3) is 0 Å². The second kappa shape index (κ2) is 6.10. The molecule has 0 radical (unpaired) electrons. The van der Waals surface area contributed by atoms with E-state index in [0.717, 1.165) is 31.5 Å². The van der Waals surface area contributed by atoms with Gasteiger partial charge in [-0.1, -0.05) is 13.2 Å². The molecule has 4 heteroatoms. The monoisotopic (exact) mass is 222 g/mol. The molecule has 0 spiro atoms. The van der Waals surface area contributed by atoms with Crippen molar-refractivity contribution in [1.29, 1.82) is 0 Å². The maximum Gasteiger partial charge on any atom is 0.243 e. The number of carbonyl (C=O) groups excluding carboxylic acids is 2. The summed E-state index contributed by atoms with van der Waals surface area (Å²) in [6.45, 7) is 8.33. The predicted molar refractivity (Wildman–Crippen MR) is 62.5 cm³/mol. The lowest BCUT2D eigenvalue weighted by Crippen LogP contribution is -2.36. The Kier molecular flexibility index (Phi) is 4.76. The van der Waals surface area contributed by atoms with Crippen molar-refractivity contribution in [1.82, 2.24) is 10.2 Å². The SMILES string of the molecule is C=CC(=O)NCCC(=O)N1CCCCC1=C. The molecule has 0 saturated carbocycles. The van der Waals surface area contributed by atoms with Gasteiger partial charge in [0.15, 0.2) is 0 Å². The van der Waals surface area contributed by atoms with Crippen molar-refractivity contribution in [2.24, 2.45) is 0 Å². The van der Waals surface area contributed by atoms with Crippen molar-refractivity contribution in [2.45, 2.75) is 25.7 Å². The van der Waals surface area contributed by atoms with Gasteiger partial charge in [0, 0.05) is 25.2 Å².